The lowest BCUT2D eigenvalue weighted by molar-refractivity contribution is -0.141. The molecule has 2 rings (SSSR count). The minimum atomic E-state index is -0.225. The third-order valence-corrected chi connectivity index (χ3v) is 2.54. The highest BCUT2D eigenvalue weighted by molar-refractivity contribution is 5.79. The van der Waals surface area contributed by atoms with Crippen molar-refractivity contribution in [3.05, 3.63) is 18.5 Å². The van der Waals surface area contributed by atoms with Crippen LogP contribution in [0.2, 0.25) is 0 Å². The number of hydrogen-bond acceptors (Lipinski definition) is 5. The Labute approximate surface area is 88.1 Å². The van der Waals surface area contributed by atoms with E-state index < -0.39 is 0 Å². The first-order valence-corrected chi connectivity index (χ1v) is 4.94. The van der Waals surface area contributed by atoms with Crippen molar-refractivity contribution < 1.29 is 9.53 Å². The van der Waals surface area contributed by atoms with Crippen molar-refractivity contribution >= 4 is 11.9 Å². The molecule has 1 atom stereocenters. The Morgan fingerprint density at radius 2 is 2.27 bits per heavy atom. The summed E-state index contributed by atoms with van der Waals surface area (Å²) in [5.74, 6) is 0.394. The second-order valence-electron chi connectivity index (χ2n) is 3.42. The van der Waals surface area contributed by atoms with Crippen LogP contribution >= 0.6 is 0 Å². The van der Waals surface area contributed by atoms with Crippen molar-refractivity contribution in [2.24, 2.45) is 0 Å². The highest BCUT2D eigenvalue weighted by Gasteiger charge is 2.32. The first kappa shape index (κ1) is 9.89. The van der Waals surface area contributed by atoms with Crippen molar-refractivity contribution in [3.63, 3.8) is 0 Å². The van der Waals surface area contributed by atoms with E-state index in [1.54, 1.807) is 18.5 Å². The molecule has 2 heterocycles. The number of hydrogen-bond donors (Lipinski definition) is 0. The van der Waals surface area contributed by atoms with E-state index in [2.05, 4.69) is 9.97 Å². The molecule has 0 spiro atoms. The number of carbonyl (C=O) groups excluding carboxylic acids is 1. The molecule has 1 unspecified atom stereocenters. The first-order valence-electron chi connectivity index (χ1n) is 4.94. The molecule has 1 fully saturated rings. The minimum Gasteiger partial charge on any atom is -0.467 e. The molecule has 1 aromatic heterocycles. The maximum atomic E-state index is 11.5. The minimum absolute atomic E-state index is 0.208. The SMILES string of the molecule is COC(=O)C1CCCN1c1ncccn1. The van der Waals surface area contributed by atoms with Crippen LogP contribution in [-0.2, 0) is 9.53 Å². The van der Waals surface area contributed by atoms with Crippen molar-refractivity contribution in [2.75, 3.05) is 18.6 Å². The van der Waals surface area contributed by atoms with Gasteiger partial charge in [0.05, 0.1) is 7.11 Å². The van der Waals surface area contributed by atoms with Crippen molar-refractivity contribution in [1.29, 1.82) is 0 Å². The van der Waals surface area contributed by atoms with Crippen molar-refractivity contribution in [3.8, 4) is 0 Å². The molecule has 5 nitrogen and oxygen atoms in total. The molecule has 1 aliphatic rings. The lowest BCUT2D eigenvalue weighted by Gasteiger charge is -2.21. The first-order chi connectivity index (χ1) is 7.33. The van der Waals surface area contributed by atoms with Gasteiger partial charge in [0, 0.05) is 18.9 Å². The van der Waals surface area contributed by atoms with E-state index in [4.69, 9.17) is 4.74 Å². The van der Waals surface area contributed by atoms with Gasteiger partial charge in [-0.25, -0.2) is 14.8 Å². The van der Waals surface area contributed by atoms with Gasteiger partial charge in [-0.2, -0.15) is 0 Å². The van der Waals surface area contributed by atoms with Gasteiger partial charge in [-0.1, -0.05) is 0 Å². The quantitative estimate of drug-likeness (QED) is 0.665. The van der Waals surface area contributed by atoms with Gasteiger partial charge < -0.3 is 9.64 Å². The lowest BCUT2D eigenvalue weighted by Crippen LogP contribution is -2.37. The Kier molecular flexibility index (Phi) is 2.80. The van der Waals surface area contributed by atoms with Crippen LogP contribution in [0.5, 0.6) is 0 Å². The Hall–Kier alpha value is -1.65. The molecular formula is C10H13N3O2. The highest BCUT2D eigenvalue weighted by Crippen LogP contribution is 2.22. The number of methoxy groups -OCH3 is 1. The molecule has 1 saturated heterocycles. The van der Waals surface area contributed by atoms with E-state index in [0.29, 0.717) is 5.95 Å². The second kappa shape index (κ2) is 4.25. The molecule has 5 heteroatoms. The van der Waals surface area contributed by atoms with Crippen LogP contribution in [0, 0.1) is 0 Å². The van der Waals surface area contributed by atoms with Crippen LogP contribution in [0.3, 0.4) is 0 Å². The molecule has 15 heavy (non-hydrogen) atoms. The van der Waals surface area contributed by atoms with Gasteiger partial charge in [-0.3, -0.25) is 0 Å². The smallest absolute Gasteiger partial charge is 0.328 e. The van der Waals surface area contributed by atoms with Crippen LogP contribution in [0.4, 0.5) is 5.95 Å². The summed E-state index contributed by atoms with van der Waals surface area (Å²) < 4.78 is 4.75. The predicted octanol–water partition coefficient (Wildman–Crippen LogP) is 0.618. The number of carbonyl (C=O) groups is 1. The fraction of sp³-hybridized carbons (Fsp3) is 0.500. The summed E-state index contributed by atoms with van der Waals surface area (Å²) in [5, 5.41) is 0. The Balaban J connectivity index is 2.18. The van der Waals surface area contributed by atoms with Gasteiger partial charge in [0.2, 0.25) is 5.95 Å². The third kappa shape index (κ3) is 1.91. The van der Waals surface area contributed by atoms with E-state index in [9.17, 15) is 4.79 Å². The molecule has 0 amide bonds. The molecule has 0 aromatic carbocycles. The van der Waals surface area contributed by atoms with E-state index in [1.165, 1.54) is 7.11 Å². The Bertz CT molecular complexity index is 342. The zero-order valence-corrected chi connectivity index (χ0v) is 8.59. The number of esters is 1. The number of rotatable bonds is 2. The summed E-state index contributed by atoms with van der Waals surface area (Å²) in [6.07, 6.45) is 5.13. The molecule has 1 aromatic rings. The number of nitrogens with zero attached hydrogens (tertiary/aromatic N) is 3. The van der Waals surface area contributed by atoms with Crippen LogP contribution in [0.1, 0.15) is 12.8 Å². The van der Waals surface area contributed by atoms with Crippen LogP contribution < -0.4 is 4.90 Å². The maximum absolute atomic E-state index is 11.5. The van der Waals surface area contributed by atoms with E-state index in [1.807, 2.05) is 4.90 Å². The summed E-state index contributed by atoms with van der Waals surface area (Å²) in [6, 6.07) is 1.53. The standard InChI is InChI=1S/C10H13N3O2/c1-15-9(14)8-4-2-7-13(8)10-11-5-3-6-12-10/h3,5-6,8H,2,4,7H2,1H3. The number of aromatic nitrogens is 2. The molecule has 80 valence electrons. The monoisotopic (exact) mass is 207 g/mol. The molecule has 0 bridgehead atoms. The molecule has 1 aliphatic heterocycles. The summed E-state index contributed by atoms with van der Waals surface area (Å²) in [5.41, 5.74) is 0. The Morgan fingerprint density at radius 3 is 2.93 bits per heavy atom. The molecule has 0 aliphatic carbocycles. The van der Waals surface area contributed by atoms with E-state index in [0.717, 1.165) is 19.4 Å². The number of anilines is 1. The fourth-order valence-corrected chi connectivity index (χ4v) is 1.83. The molecule has 0 N–H and O–H groups in total. The summed E-state index contributed by atoms with van der Waals surface area (Å²) in [4.78, 5) is 21.6. The molecule has 0 radical (unpaired) electrons. The average molecular weight is 207 g/mol. The molecular weight excluding hydrogens is 194 g/mol. The van der Waals surface area contributed by atoms with Gasteiger partial charge in [0.15, 0.2) is 0 Å². The van der Waals surface area contributed by atoms with Crippen LogP contribution in [0.15, 0.2) is 18.5 Å². The normalized spacial score (nSPS) is 20.3. The zero-order valence-electron chi connectivity index (χ0n) is 8.59. The van der Waals surface area contributed by atoms with Gasteiger partial charge in [0.1, 0.15) is 6.04 Å². The third-order valence-electron chi connectivity index (χ3n) is 2.54. The van der Waals surface area contributed by atoms with Crippen molar-refractivity contribution in [2.45, 2.75) is 18.9 Å². The predicted molar refractivity (Wildman–Crippen MR) is 54.4 cm³/mol. The maximum Gasteiger partial charge on any atom is 0.328 e. The van der Waals surface area contributed by atoms with Gasteiger partial charge >= 0.3 is 5.97 Å². The highest BCUT2D eigenvalue weighted by atomic mass is 16.5. The van der Waals surface area contributed by atoms with Crippen LogP contribution in [0.25, 0.3) is 0 Å². The Morgan fingerprint density at radius 1 is 1.53 bits per heavy atom. The summed E-state index contributed by atoms with van der Waals surface area (Å²) >= 11 is 0. The summed E-state index contributed by atoms with van der Waals surface area (Å²) in [7, 11) is 1.41. The van der Waals surface area contributed by atoms with Crippen molar-refractivity contribution in [1.82, 2.24) is 9.97 Å². The van der Waals surface area contributed by atoms with Gasteiger partial charge in [0.25, 0.3) is 0 Å². The largest absolute Gasteiger partial charge is 0.467 e. The summed E-state index contributed by atoms with van der Waals surface area (Å²) in [6.45, 7) is 0.809. The zero-order chi connectivity index (χ0) is 10.7. The molecule has 0 saturated carbocycles. The topological polar surface area (TPSA) is 55.3 Å². The van der Waals surface area contributed by atoms with E-state index in [-0.39, 0.29) is 12.0 Å². The number of ether oxygens (including phenoxy) is 1. The fourth-order valence-electron chi connectivity index (χ4n) is 1.83. The lowest BCUT2D eigenvalue weighted by atomic mass is 10.2. The van der Waals surface area contributed by atoms with Gasteiger partial charge in [-0.05, 0) is 18.9 Å². The van der Waals surface area contributed by atoms with Crippen LogP contribution in [-0.4, -0.2) is 35.6 Å². The van der Waals surface area contributed by atoms with Gasteiger partial charge in [-0.15, -0.1) is 0 Å². The second-order valence-corrected chi connectivity index (χ2v) is 3.42. The van der Waals surface area contributed by atoms with E-state index >= 15 is 0 Å². The average Bonchev–Trinajstić information content (AvgIpc) is 2.78.